The number of nitrogen functional groups attached to an aromatic ring is 1. The van der Waals surface area contributed by atoms with Gasteiger partial charge in [0.05, 0.1) is 7.11 Å². The molecular formula is C28H36N6O4. The number of methoxy groups -OCH3 is 1. The van der Waals surface area contributed by atoms with E-state index in [4.69, 9.17) is 15.2 Å². The maximum Gasteiger partial charge on any atom is 0.410 e. The molecule has 0 unspecified atom stereocenters. The van der Waals surface area contributed by atoms with Crippen LogP contribution in [0.4, 0.5) is 22.0 Å². The molecule has 2 aromatic carbocycles. The van der Waals surface area contributed by atoms with Gasteiger partial charge in [-0.05, 0) is 58.6 Å². The number of benzene rings is 2. The van der Waals surface area contributed by atoms with E-state index >= 15 is 0 Å². The largest absolute Gasteiger partial charge is 0.467 e. The van der Waals surface area contributed by atoms with Crippen LogP contribution >= 0.6 is 0 Å². The van der Waals surface area contributed by atoms with Crippen LogP contribution in [0.2, 0.25) is 0 Å². The first-order valence-electron chi connectivity index (χ1n) is 12.7. The number of ether oxygens (including phenoxy) is 2. The SMILES string of the molecule is COc1nc(C(=O)Nc2cccc3cccc(C)c23)c(N)c(N2[C@@H](C)CN(C(=O)OC(C)(C)C)C[C@@H]2C)n1. The van der Waals surface area contributed by atoms with Gasteiger partial charge in [-0.25, -0.2) is 4.79 Å². The Labute approximate surface area is 223 Å². The first-order valence-corrected chi connectivity index (χ1v) is 12.7. The maximum atomic E-state index is 13.5. The molecule has 10 heteroatoms. The van der Waals surface area contributed by atoms with Crippen LogP contribution in [0, 0.1) is 6.92 Å². The third-order valence-electron chi connectivity index (χ3n) is 6.48. The van der Waals surface area contributed by atoms with Crippen LogP contribution in [0.1, 0.15) is 50.7 Å². The highest BCUT2D eigenvalue weighted by molar-refractivity contribution is 6.12. The fraction of sp³-hybridized carbons (Fsp3) is 0.429. The second kappa shape index (κ2) is 10.4. The van der Waals surface area contributed by atoms with Crippen LogP contribution in [0.3, 0.4) is 0 Å². The summed E-state index contributed by atoms with van der Waals surface area (Å²) in [5.41, 5.74) is 7.83. The summed E-state index contributed by atoms with van der Waals surface area (Å²) in [5, 5.41) is 4.94. The summed E-state index contributed by atoms with van der Waals surface area (Å²) in [5.74, 6) is -0.0761. The van der Waals surface area contributed by atoms with Crippen molar-refractivity contribution in [1.29, 1.82) is 0 Å². The molecule has 3 aromatic rings. The number of nitrogens with one attached hydrogen (secondary N) is 1. The Kier molecular flexibility index (Phi) is 7.35. The quantitative estimate of drug-likeness (QED) is 0.511. The molecule has 0 saturated carbocycles. The van der Waals surface area contributed by atoms with Crippen molar-refractivity contribution in [2.75, 3.05) is 36.1 Å². The average Bonchev–Trinajstić information content (AvgIpc) is 2.83. The standard InChI is InChI=1S/C28H36N6O4/c1-16-10-8-11-19-12-9-13-20(21(16)19)30-25(35)23-22(29)24(32-26(31-23)37-7)34-17(2)14-33(15-18(34)3)27(36)38-28(4,5)6/h8-13,17-18H,14-15,29H2,1-7H3,(H,30,35)/t17-,18-/m0/s1. The van der Waals surface area contributed by atoms with Gasteiger partial charge in [-0.3, -0.25) is 4.79 Å². The first-order chi connectivity index (χ1) is 17.9. The first kappa shape index (κ1) is 27.0. The van der Waals surface area contributed by atoms with Crippen LogP contribution in [-0.4, -0.2) is 64.8 Å². The number of rotatable bonds is 4. The molecule has 1 fully saturated rings. The molecule has 38 heavy (non-hydrogen) atoms. The second-order valence-corrected chi connectivity index (χ2v) is 10.7. The lowest BCUT2D eigenvalue weighted by atomic mass is 10.0. The van der Waals surface area contributed by atoms with Gasteiger partial charge < -0.3 is 30.3 Å². The molecule has 0 spiro atoms. The Morgan fingerprint density at radius 3 is 2.29 bits per heavy atom. The van der Waals surface area contributed by atoms with Crippen molar-refractivity contribution < 1.29 is 19.1 Å². The van der Waals surface area contributed by atoms with Crippen molar-refractivity contribution in [3.63, 3.8) is 0 Å². The smallest absolute Gasteiger partial charge is 0.410 e. The monoisotopic (exact) mass is 520 g/mol. The van der Waals surface area contributed by atoms with E-state index in [1.807, 2.05) is 82.8 Å². The van der Waals surface area contributed by atoms with E-state index in [2.05, 4.69) is 15.3 Å². The molecule has 1 aliphatic rings. The van der Waals surface area contributed by atoms with E-state index in [1.165, 1.54) is 7.11 Å². The molecule has 2 amide bonds. The van der Waals surface area contributed by atoms with Gasteiger partial charge in [0.1, 0.15) is 11.3 Å². The number of nitrogens with two attached hydrogens (primary N) is 1. The highest BCUT2D eigenvalue weighted by atomic mass is 16.6. The summed E-state index contributed by atoms with van der Waals surface area (Å²) in [4.78, 5) is 38.7. The minimum absolute atomic E-state index is 0.0198. The van der Waals surface area contributed by atoms with Crippen molar-refractivity contribution >= 4 is 40.0 Å². The predicted molar refractivity (Wildman–Crippen MR) is 149 cm³/mol. The summed E-state index contributed by atoms with van der Waals surface area (Å²) in [6, 6.07) is 11.4. The Balaban J connectivity index is 1.65. The molecule has 1 aliphatic heterocycles. The molecule has 2 heterocycles. The number of aromatic nitrogens is 2. The van der Waals surface area contributed by atoms with Crippen LogP contribution in [0.5, 0.6) is 6.01 Å². The zero-order chi connectivity index (χ0) is 27.8. The van der Waals surface area contributed by atoms with Gasteiger partial charge in [-0.15, -0.1) is 0 Å². The fourth-order valence-electron chi connectivity index (χ4n) is 4.93. The second-order valence-electron chi connectivity index (χ2n) is 10.7. The van der Waals surface area contributed by atoms with Crippen LogP contribution in [-0.2, 0) is 4.74 Å². The highest BCUT2D eigenvalue weighted by Gasteiger charge is 2.36. The zero-order valence-electron chi connectivity index (χ0n) is 23.0. The Hall–Kier alpha value is -4.08. The predicted octanol–water partition coefficient (Wildman–Crippen LogP) is 4.62. The third-order valence-corrected chi connectivity index (χ3v) is 6.48. The highest BCUT2D eigenvalue weighted by Crippen LogP contribution is 2.33. The van der Waals surface area contributed by atoms with E-state index < -0.39 is 11.5 Å². The molecule has 10 nitrogen and oxygen atoms in total. The van der Waals surface area contributed by atoms with Crippen molar-refractivity contribution in [1.82, 2.24) is 14.9 Å². The number of carbonyl (C=O) groups is 2. The van der Waals surface area contributed by atoms with Gasteiger partial charge in [0.15, 0.2) is 11.5 Å². The number of hydrogen-bond donors (Lipinski definition) is 2. The average molecular weight is 521 g/mol. The summed E-state index contributed by atoms with van der Waals surface area (Å²) >= 11 is 0. The van der Waals surface area contributed by atoms with E-state index in [-0.39, 0.29) is 35.6 Å². The van der Waals surface area contributed by atoms with Crippen LogP contribution in [0.15, 0.2) is 36.4 Å². The Morgan fingerprint density at radius 2 is 1.68 bits per heavy atom. The van der Waals surface area contributed by atoms with E-state index in [9.17, 15) is 9.59 Å². The molecule has 202 valence electrons. The lowest BCUT2D eigenvalue weighted by molar-refractivity contribution is 0.0192. The lowest BCUT2D eigenvalue weighted by Gasteiger charge is -2.45. The normalized spacial score (nSPS) is 17.9. The zero-order valence-corrected chi connectivity index (χ0v) is 23.0. The van der Waals surface area contributed by atoms with E-state index in [1.54, 1.807) is 4.90 Å². The Morgan fingerprint density at radius 1 is 1.05 bits per heavy atom. The van der Waals surface area contributed by atoms with Gasteiger partial charge in [0, 0.05) is 36.2 Å². The number of carbonyl (C=O) groups excluding carboxylic acids is 2. The summed E-state index contributed by atoms with van der Waals surface area (Å²) in [7, 11) is 1.44. The number of piperazine rings is 1. The van der Waals surface area contributed by atoms with Crippen LogP contribution in [0.25, 0.3) is 10.8 Å². The fourth-order valence-corrected chi connectivity index (χ4v) is 4.93. The minimum atomic E-state index is -0.587. The number of aryl methyl sites for hydroxylation is 1. The number of hydrogen-bond acceptors (Lipinski definition) is 8. The third kappa shape index (κ3) is 5.44. The number of fused-ring (bicyclic) bond motifs is 1. The molecule has 1 aromatic heterocycles. The summed E-state index contributed by atoms with van der Waals surface area (Å²) < 4.78 is 10.9. The minimum Gasteiger partial charge on any atom is -0.467 e. The van der Waals surface area contributed by atoms with E-state index in [0.717, 1.165) is 16.3 Å². The molecule has 3 N–H and O–H groups in total. The van der Waals surface area contributed by atoms with Gasteiger partial charge in [-0.2, -0.15) is 9.97 Å². The number of anilines is 3. The lowest BCUT2D eigenvalue weighted by Crippen LogP contribution is -2.59. The van der Waals surface area contributed by atoms with Gasteiger partial charge in [-0.1, -0.05) is 30.3 Å². The number of nitrogens with zero attached hydrogens (tertiary/aromatic N) is 4. The van der Waals surface area contributed by atoms with Crippen molar-refractivity contribution in [2.45, 2.75) is 59.2 Å². The maximum absolute atomic E-state index is 13.5. The van der Waals surface area contributed by atoms with Gasteiger partial charge >= 0.3 is 12.1 Å². The molecule has 0 bridgehead atoms. The van der Waals surface area contributed by atoms with Crippen molar-refractivity contribution in [3.05, 3.63) is 47.7 Å². The summed E-state index contributed by atoms with van der Waals surface area (Å²) in [6.45, 7) is 12.3. The molecular weight excluding hydrogens is 484 g/mol. The molecule has 0 radical (unpaired) electrons. The van der Waals surface area contributed by atoms with Gasteiger partial charge in [0.2, 0.25) is 0 Å². The van der Waals surface area contributed by atoms with Crippen LogP contribution < -0.4 is 20.7 Å². The van der Waals surface area contributed by atoms with Crippen molar-refractivity contribution in [2.24, 2.45) is 0 Å². The van der Waals surface area contributed by atoms with Gasteiger partial charge in [0.25, 0.3) is 5.91 Å². The Bertz CT molecular complexity index is 1350. The molecule has 2 atom stereocenters. The molecule has 1 saturated heterocycles. The van der Waals surface area contributed by atoms with E-state index in [0.29, 0.717) is 24.6 Å². The summed E-state index contributed by atoms with van der Waals surface area (Å²) in [6.07, 6.45) is -0.366. The molecule has 4 rings (SSSR count). The van der Waals surface area contributed by atoms with Crippen molar-refractivity contribution in [3.8, 4) is 6.01 Å². The molecule has 0 aliphatic carbocycles. The topological polar surface area (TPSA) is 123 Å². The number of amides is 2.